The second-order valence-electron chi connectivity index (χ2n) is 7.54. The van der Waals surface area contributed by atoms with Gasteiger partial charge in [-0.05, 0) is 44.9 Å². The van der Waals surface area contributed by atoms with Gasteiger partial charge in [0, 0.05) is 49.6 Å². The van der Waals surface area contributed by atoms with Crippen LogP contribution in [0.15, 0.2) is 35.6 Å². The summed E-state index contributed by atoms with van der Waals surface area (Å²) in [5.41, 5.74) is 2.26. The number of fused-ring (bicyclic) bond motifs is 1. The van der Waals surface area contributed by atoms with Crippen molar-refractivity contribution in [3.8, 4) is 11.5 Å². The molecule has 1 aliphatic heterocycles. The Morgan fingerprint density at radius 1 is 1.37 bits per heavy atom. The maximum Gasteiger partial charge on any atom is 0.191 e. The van der Waals surface area contributed by atoms with Gasteiger partial charge in [0.1, 0.15) is 17.6 Å². The molecule has 7 nitrogen and oxygen atoms in total. The highest BCUT2D eigenvalue weighted by Gasteiger charge is 2.21. The lowest BCUT2D eigenvalue weighted by Gasteiger charge is -2.16. The summed E-state index contributed by atoms with van der Waals surface area (Å²) < 4.78 is 13.7. The van der Waals surface area contributed by atoms with E-state index in [-0.39, 0.29) is 30.1 Å². The molecule has 8 heteroatoms. The fourth-order valence-corrected chi connectivity index (χ4v) is 3.46. The predicted molar refractivity (Wildman–Crippen MR) is 131 cm³/mol. The smallest absolute Gasteiger partial charge is 0.191 e. The van der Waals surface area contributed by atoms with E-state index >= 15 is 0 Å². The lowest BCUT2D eigenvalue weighted by atomic mass is 10.1. The van der Waals surface area contributed by atoms with Crippen molar-refractivity contribution in [1.82, 2.24) is 20.4 Å². The van der Waals surface area contributed by atoms with Crippen molar-refractivity contribution in [2.45, 2.75) is 53.3 Å². The molecule has 2 N–H and O–H groups in total. The molecule has 1 aliphatic rings. The van der Waals surface area contributed by atoms with Gasteiger partial charge in [-0.25, -0.2) is 4.99 Å². The quantitative estimate of drug-likeness (QED) is 0.296. The van der Waals surface area contributed by atoms with E-state index in [1.54, 1.807) is 0 Å². The zero-order valence-electron chi connectivity index (χ0n) is 18.4. The van der Waals surface area contributed by atoms with Crippen molar-refractivity contribution in [3.05, 3.63) is 41.7 Å². The van der Waals surface area contributed by atoms with Gasteiger partial charge in [-0.3, -0.25) is 4.68 Å². The number of halogens is 1. The molecule has 1 aromatic carbocycles. The zero-order chi connectivity index (χ0) is 20.6. The van der Waals surface area contributed by atoms with E-state index in [0.717, 1.165) is 49.1 Å². The van der Waals surface area contributed by atoms with Crippen LogP contribution in [0.4, 0.5) is 0 Å². The van der Waals surface area contributed by atoms with Crippen molar-refractivity contribution in [2.24, 2.45) is 10.9 Å². The number of hydrogen-bond donors (Lipinski definition) is 2. The van der Waals surface area contributed by atoms with Crippen LogP contribution in [-0.4, -0.2) is 41.5 Å². The van der Waals surface area contributed by atoms with Gasteiger partial charge in [0.2, 0.25) is 0 Å². The van der Waals surface area contributed by atoms with Crippen LogP contribution in [0.2, 0.25) is 0 Å². The van der Waals surface area contributed by atoms with Gasteiger partial charge in [-0.2, -0.15) is 5.10 Å². The normalized spacial score (nSPS) is 16.3. The van der Waals surface area contributed by atoms with E-state index in [1.807, 2.05) is 30.1 Å². The van der Waals surface area contributed by atoms with Crippen LogP contribution in [0.3, 0.4) is 0 Å². The summed E-state index contributed by atoms with van der Waals surface area (Å²) in [4.78, 5) is 4.78. The summed E-state index contributed by atoms with van der Waals surface area (Å²) in [7, 11) is 0. The van der Waals surface area contributed by atoms with E-state index in [9.17, 15) is 0 Å². The monoisotopic (exact) mass is 527 g/mol. The second kappa shape index (κ2) is 12.0. The Labute approximate surface area is 196 Å². The molecule has 0 saturated carbocycles. The summed E-state index contributed by atoms with van der Waals surface area (Å²) in [6, 6.07) is 6.14. The molecule has 0 bridgehead atoms. The lowest BCUT2D eigenvalue weighted by Crippen LogP contribution is -2.40. The predicted octanol–water partition coefficient (Wildman–Crippen LogP) is 3.61. The van der Waals surface area contributed by atoms with Gasteiger partial charge < -0.3 is 20.1 Å². The Morgan fingerprint density at radius 3 is 2.90 bits per heavy atom. The van der Waals surface area contributed by atoms with Gasteiger partial charge in [-0.1, -0.05) is 6.92 Å². The number of ether oxygens (including phenoxy) is 2. The van der Waals surface area contributed by atoms with Crippen molar-refractivity contribution in [3.63, 3.8) is 0 Å². The second-order valence-corrected chi connectivity index (χ2v) is 7.54. The van der Waals surface area contributed by atoms with E-state index in [1.165, 1.54) is 5.56 Å². The molecule has 2 atom stereocenters. The van der Waals surface area contributed by atoms with Crippen LogP contribution in [0.1, 0.15) is 38.8 Å². The molecule has 166 valence electrons. The number of hydrogen-bond acceptors (Lipinski definition) is 4. The maximum atomic E-state index is 5.92. The summed E-state index contributed by atoms with van der Waals surface area (Å²) in [5, 5.41) is 11.0. The SMILES string of the molecule is CCNC(=NCc1cc2c(cc1OCC)CC(C)O2)NCC(C)Cn1cccn1.I. The highest BCUT2D eigenvalue weighted by Crippen LogP contribution is 2.35. The molecular weight excluding hydrogens is 493 g/mol. The van der Waals surface area contributed by atoms with Gasteiger partial charge in [-0.15, -0.1) is 24.0 Å². The van der Waals surface area contributed by atoms with Crippen LogP contribution in [0, 0.1) is 5.92 Å². The minimum Gasteiger partial charge on any atom is -0.494 e. The highest BCUT2D eigenvalue weighted by atomic mass is 127. The molecule has 0 fully saturated rings. The maximum absolute atomic E-state index is 5.92. The van der Waals surface area contributed by atoms with Crippen molar-refractivity contribution in [1.29, 1.82) is 0 Å². The summed E-state index contributed by atoms with van der Waals surface area (Å²) >= 11 is 0. The van der Waals surface area contributed by atoms with Gasteiger partial charge in [0.15, 0.2) is 5.96 Å². The molecule has 2 unspecified atom stereocenters. The van der Waals surface area contributed by atoms with Crippen molar-refractivity contribution in [2.75, 3.05) is 19.7 Å². The van der Waals surface area contributed by atoms with Crippen LogP contribution in [-0.2, 0) is 19.5 Å². The van der Waals surface area contributed by atoms with Crippen molar-refractivity contribution < 1.29 is 9.47 Å². The fraction of sp³-hybridized carbons (Fsp3) is 0.545. The summed E-state index contributed by atoms with van der Waals surface area (Å²) in [5.74, 6) is 3.08. The van der Waals surface area contributed by atoms with Crippen molar-refractivity contribution >= 4 is 29.9 Å². The summed E-state index contributed by atoms with van der Waals surface area (Å²) in [6.07, 6.45) is 4.94. The van der Waals surface area contributed by atoms with E-state index < -0.39 is 0 Å². The molecule has 0 spiro atoms. The molecule has 2 aromatic rings. The molecule has 0 aliphatic carbocycles. The van der Waals surface area contributed by atoms with Gasteiger partial charge >= 0.3 is 0 Å². The Bertz CT molecular complexity index is 810. The van der Waals surface area contributed by atoms with Gasteiger partial charge in [0.05, 0.1) is 13.2 Å². The Morgan fingerprint density at radius 2 is 2.20 bits per heavy atom. The first-order chi connectivity index (χ1) is 14.1. The third-order valence-electron chi connectivity index (χ3n) is 4.81. The fourth-order valence-electron chi connectivity index (χ4n) is 3.46. The van der Waals surface area contributed by atoms with E-state index in [4.69, 9.17) is 14.5 Å². The first-order valence-corrected chi connectivity index (χ1v) is 10.5. The standard InChI is InChI=1S/C22H33N5O2.HI/c1-5-23-22(24-13-16(3)15-27-9-7-8-26-27)25-14-19-12-21-18(10-17(4)29-21)11-20(19)28-6-2;/h7-9,11-12,16-17H,5-6,10,13-15H2,1-4H3,(H2,23,24,25);1H. The van der Waals surface area contributed by atoms with E-state index in [0.29, 0.717) is 19.1 Å². The average Bonchev–Trinajstić information content (AvgIpc) is 3.32. The molecule has 0 amide bonds. The first kappa shape index (κ1) is 24.3. The Hall–Kier alpha value is -1.97. The minimum atomic E-state index is 0. The third-order valence-corrected chi connectivity index (χ3v) is 4.81. The van der Waals surface area contributed by atoms with Crippen LogP contribution < -0.4 is 20.1 Å². The van der Waals surface area contributed by atoms with Crippen LogP contribution in [0.25, 0.3) is 0 Å². The number of nitrogens with zero attached hydrogens (tertiary/aromatic N) is 3. The van der Waals surface area contributed by atoms with Crippen LogP contribution in [0.5, 0.6) is 11.5 Å². The molecule has 3 rings (SSSR count). The van der Waals surface area contributed by atoms with Crippen LogP contribution >= 0.6 is 24.0 Å². The highest BCUT2D eigenvalue weighted by molar-refractivity contribution is 14.0. The number of nitrogens with one attached hydrogen (secondary N) is 2. The molecule has 30 heavy (non-hydrogen) atoms. The average molecular weight is 527 g/mol. The van der Waals surface area contributed by atoms with Gasteiger partial charge in [0.25, 0.3) is 0 Å². The first-order valence-electron chi connectivity index (χ1n) is 10.5. The molecular formula is C22H34IN5O2. The number of guanidine groups is 1. The topological polar surface area (TPSA) is 72.7 Å². The number of aliphatic imine (C=N–C) groups is 1. The number of benzene rings is 1. The molecule has 0 radical (unpaired) electrons. The largest absolute Gasteiger partial charge is 0.494 e. The summed E-state index contributed by atoms with van der Waals surface area (Å²) in [6.45, 7) is 12.0. The molecule has 2 heterocycles. The number of rotatable bonds is 9. The zero-order valence-corrected chi connectivity index (χ0v) is 20.7. The molecule has 0 saturated heterocycles. The lowest BCUT2D eigenvalue weighted by molar-refractivity contribution is 0.254. The third kappa shape index (κ3) is 6.78. The Kier molecular flexibility index (Phi) is 9.74. The molecule has 1 aromatic heterocycles. The Balaban J connectivity index is 0.00000320. The number of aromatic nitrogens is 2. The minimum absolute atomic E-state index is 0. The van der Waals surface area contributed by atoms with E-state index in [2.05, 4.69) is 48.6 Å².